The van der Waals surface area contributed by atoms with Gasteiger partial charge in [0.05, 0.1) is 23.5 Å². The van der Waals surface area contributed by atoms with Gasteiger partial charge in [0.1, 0.15) is 5.82 Å². The summed E-state index contributed by atoms with van der Waals surface area (Å²) in [4.78, 5) is 4.07. The zero-order valence-electron chi connectivity index (χ0n) is 9.78. The monoisotopic (exact) mass is 310 g/mol. The van der Waals surface area contributed by atoms with Gasteiger partial charge < -0.3 is 10.1 Å². The van der Waals surface area contributed by atoms with Gasteiger partial charge in [0, 0.05) is 12.6 Å². The van der Waals surface area contributed by atoms with E-state index in [1.807, 2.05) is 12.1 Å². The summed E-state index contributed by atoms with van der Waals surface area (Å²) < 4.78 is 18.7. The summed E-state index contributed by atoms with van der Waals surface area (Å²) in [6.45, 7) is 0.540. The third-order valence-corrected chi connectivity index (χ3v) is 3.07. The molecule has 0 aliphatic carbocycles. The molecule has 1 aromatic carbocycles. The Balaban J connectivity index is 1.99. The SMILES string of the molecule is COc1ccc(NCc2ccc(Br)c(F)c2)cn1. The van der Waals surface area contributed by atoms with Crippen molar-refractivity contribution in [2.24, 2.45) is 0 Å². The van der Waals surface area contributed by atoms with Gasteiger partial charge >= 0.3 is 0 Å². The summed E-state index contributed by atoms with van der Waals surface area (Å²) in [5, 5.41) is 3.16. The van der Waals surface area contributed by atoms with Crippen molar-refractivity contribution < 1.29 is 9.13 Å². The van der Waals surface area contributed by atoms with Crippen LogP contribution in [0.25, 0.3) is 0 Å². The molecule has 0 aliphatic rings. The second-order valence-corrected chi connectivity index (χ2v) is 4.55. The van der Waals surface area contributed by atoms with E-state index < -0.39 is 0 Å². The van der Waals surface area contributed by atoms with Gasteiger partial charge in [-0.15, -0.1) is 0 Å². The minimum Gasteiger partial charge on any atom is -0.481 e. The lowest BCUT2D eigenvalue weighted by atomic mass is 10.2. The van der Waals surface area contributed by atoms with Gasteiger partial charge in [-0.3, -0.25) is 0 Å². The van der Waals surface area contributed by atoms with E-state index in [2.05, 4.69) is 26.2 Å². The molecule has 94 valence electrons. The van der Waals surface area contributed by atoms with Crippen LogP contribution in [0.15, 0.2) is 41.0 Å². The lowest BCUT2D eigenvalue weighted by Gasteiger charge is -2.07. The van der Waals surface area contributed by atoms with Gasteiger partial charge in [-0.25, -0.2) is 9.37 Å². The molecule has 2 rings (SSSR count). The fraction of sp³-hybridized carbons (Fsp3) is 0.154. The molecule has 18 heavy (non-hydrogen) atoms. The van der Waals surface area contributed by atoms with Crippen LogP contribution >= 0.6 is 15.9 Å². The number of hydrogen-bond donors (Lipinski definition) is 1. The number of halogens is 2. The summed E-state index contributed by atoms with van der Waals surface area (Å²) in [5.41, 5.74) is 1.73. The van der Waals surface area contributed by atoms with E-state index >= 15 is 0 Å². The molecule has 0 fully saturated rings. The van der Waals surface area contributed by atoms with E-state index in [0.717, 1.165) is 11.3 Å². The second-order valence-electron chi connectivity index (χ2n) is 3.69. The normalized spacial score (nSPS) is 10.2. The van der Waals surface area contributed by atoms with Crippen LogP contribution in [0.3, 0.4) is 0 Å². The second kappa shape index (κ2) is 5.82. The summed E-state index contributed by atoms with van der Waals surface area (Å²) >= 11 is 3.12. The Morgan fingerprint density at radius 1 is 1.33 bits per heavy atom. The highest BCUT2D eigenvalue weighted by atomic mass is 79.9. The highest BCUT2D eigenvalue weighted by molar-refractivity contribution is 9.10. The van der Waals surface area contributed by atoms with Crippen LogP contribution in [0.2, 0.25) is 0 Å². The van der Waals surface area contributed by atoms with Gasteiger partial charge in [0.2, 0.25) is 5.88 Å². The molecule has 0 saturated carbocycles. The molecule has 1 aromatic heterocycles. The minimum atomic E-state index is -0.262. The van der Waals surface area contributed by atoms with Gasteiger partial charge in [0.15, 0.2) is 0 Å². The Bertz CT molecular complexity index is 531. The standard InChI is InChI=1S/C13H12BrFN2O/c1-18-13-5-3-10(8-17-13)16-7-9-2-4-11(14)12(15)6-9/h2-6,8,16H,7H2,1H3. The molecule has 0 unspecified atom stereocenters. The van der Waals surface area contributed by atoms with Crippen molar-refractivity contribution in [3.63, 3.8) is 0 Å². The largest absolute Gasteiger partial charge is 0.481 e. The topological polar surface area (TPSA) is 34.1 Å². The number of nitrogens with zero attached hydrogens (tertiary/aromatic N) is 1. The first-order chi connectivity index (χ1) is 8.69. The number of nitrogens with one attached hydrogen (secondary N) is 1. The maximum Gasteiger partial charge on any atom is 0.213 e. The van der Waals surface area contributed by atoms with Crippen LogP contribution in [0.4, 0.5) is 10.1 Å². The molecular formula is C13H12BrFN2O. The first kappa shape index (κ1) is 12.8. The van der Waals surface area contributed by atoms with Crippen molar-refractivity contribution in [1.82, 2.24) is 4.98 Å². The van der Waals surface area contributed by atoms with Crippen LogP contribution in [0.5, 0.6) is 5.88 Å². The van der Waals surface area contributed by atoms with Crippen LogP contribution < -0.4 is 10.1 Å². The molecule has 0 saturated heterocycles. The molecule has 0 bridgehead atoms. The highest BCUT2D eigenvalue weighted by Gasteiger charge is 2.01. The van der Waals surface area contributed by atoms with E-state index in [9.17, 15) is 4.39 Å². The fourth-order valence-corrected chi connectivity index (χ4v) is 1.71. The van der Waals surface area contributed by atoms with E-state index in [1.54, 1.807) is 25.4 Å². The fourth-order valence-electron chi connectivity index (χ4n) is 1.46. The van der Waals surface area contributed by atoms with Crippen LogP contribution in [0, 0.1) is 5.82 Å². The van der Waals surface area contributed by atoms with Crippen molar-refractivity contribution in [1.29, 1.82) is 0 Å². The van der Waals surface area contributed by atoms with Crippen molar-refractivity contribution in [3.8, 4) is 5.88 Å². The number of ether oxygens (including phenoxy) is 1. The first-order valence-corrected chi connectivity index (χ1v) is 6.16. The third-order valence-electron chi connectivity index (χ3n) is 2.43. The number of aromatic nitrogens is 1. The van der Waals surface area contributed by atoms with E-state index in [1.165, 1.54) is 6.07 Å². The minimum absolute atomic E-state index is 0.262. The van der Waals surface area contributed by atoms with Gasteiger partial charge in [-0.2, -0.15) is 0 Å². The number of benzene rings is 1. The first-order valence-electron chi connectivity index (χ1n) is 5.37. The Labute approximate surface area is 113 Å². The Morgan fingerprint density at radius 2 is 2.17 bits per heavy atom. The summed E-state index contributed by atoms with van der Waals surface area (Å²) in [6, 6.07) is 8.68. The Morgan fingerprint density at radius 3 is 2.78 bits per heavy atom. The van der Waals surface area contributed by atoms with Gasteiger partial charge in [0.25, 0.3) is 0 Å². The maximum absolute atomic E-state index is 13.3. The zero-order valence-corrected chi connectivity index (χ0v) is 11.4. The predicted molar refractivity (Wildman–Crippen MR) is 72.2 cm³/mol. The molecular weight excluding hydrogens is 299 g/mol. The molecule has 0 aliphatic heterocycles. The highest BCUT2D eigenvalue weighted by Crippen LogP contribution is 2.17. The summed E-state index contributed by atoms with van der Waals surface area (Å²) in [5.74, 6) is 0.303. The number of pyridine rings is 1. The van der Waals surface area contributed by atoms with Crippen molar-refractivity contribution >= 4 is 21.6 Å². The molecule has 5 heteroatoms. The smallest absolute Gasteiger partial charge is 0.213 e. The molecule has 0 spiro atoms. The van der Waals surface area contributed by atoms with Crippen molar-refractivity contribution in [2.45, 2.75) is 6.54 Å². The molecule has 1 heterocycles. The third kappa shape index (κ3) is 3.20. The summed E-state index contributed by atoms with van der Waals surface area (Å²) in [7, 11) is 1.57. The average Bonchev–Trinajstić information content (AvgIpc) is 2.41. The summed E-state index contributed by atoms with van der Waals surface area (Å²) in [6.07, 6.45) is 1.67. The van der Waals surface area contributed by atoms with Crippen molar-refractivity contribution in [3.05, 3.63) is 52.4 Å². The van der Waals surface area contributed by atoms with Crippen molar-refractivity contribution in [2.75, 3.05) is 12.4 Å². The average molecular weight is 311 g/mol. The lowest BCUT2D eigenvalue weighted by Crippen LogP contribution is -2.00. The van der Waals surface area contributed by atoms with E-state index in [0.29, 0.717) is 16.9 Å². The molecule has 0 atom stereocenters. The molecule has 3 nitrogen and oxygen atoms in total. The molecule has 0 radical (unpaired) electrons. The lowest BCUT2D eigenvalue weighted by molar-refractivity contribution is 0.398. The van der Waals surface area contributed by atoms with Gasteiger partial charge in [-0.1, -0.05) is 6.07 Å². The van der Waals surface area contributed by atoms with E-state index in [4.69, 9.17) is 4.74 Å². The van der Waals surface area contributed by atoms with E-state index in [-0.39, 0.29) is 5.82 Å². The zero-order chi connectivity index (χ0) is 13.0. The maximum atomic E-state index is 13.3. The van der Waals surface area contributed by atoms with Crippen LogP contribution in [-0.4, -0.2) is 12.1 Å². The number of hydrogen-bond acceptors (Lipinski definition) is 3. The van der Waals surface area contributed by atoms with Crippen LogP contribution in [-0.2, 0) is 6.54 Å². The van der Waals surface area contributed by atoms with Gasteiger partial charge in [-0.05, 0) is 39.7 Å². The molecule has 0 amide bonds. The van der Waals surface area contributed by atoms with Crippen LogP contribution in [0.1, 0.15) is 5.56 Å². The Kier molecular flexibility index (Phi) is 4.15. The number of rotatable bonds is 4. The molecule has 2 aromatic rings. The number of methoxy groups -OCH3 is 1. The molecule has 1 N–H and O–H groups in total. The number of anilines is 1. The predicted octanol–water partition coefficient (Wildman–Crippen LogP) is 3.60. The quantitative estimate of drug-likeness (QED) is 0.937. The Hall–Kier alpha value is -1.62.